The van der Waals surface area contributed by atoms with E-state index >= 15 is 0 Å². The van der Waals surface area contributed by atoms with Gasteiger partial charge in [0, 0.05) is 0 Å². The van der Waals surface area contributed by atoms with Crippen molar-refractivity contribution < 1.29 is 29.3 Å². The molecule has 0 fully saturated rings. The van der Waals surface area contributed by atoms with Gasteiger partial charge in [0.15, 0.2) is 0 Å². The van der Waals surface area contributed by atoms with Crippen LogP contribution in [0.25, 0.3) is 0 Å². The van der Waals surface area contributed by atoms with Gasteiger partial charge in [-0.05, 0) is 81.7 Å². The van der Waals surface area contributed by atoms with E-state index in [0.29, 0.717) is 12.8 Å². The van der Waals surface area contributed by atoms with E-state index in [1.54, 1.807) is 13.8 Å². The SMILES string of the molecule is CCOC(=O)C(Cc1cc(C(C)(C)C)c(O)c(C(C)(C)C)c1)SC(Cc1cc(C(C)(C)C)c(O)c(C(C)(C)C)c1)C(=O)OCC. The van der Waals surface area contributed by atoms with Gasteiger partial charge in [-0.2, -0.15) is 0 Å². The highest BCUT2D eigenvalue weighted by Crippen LogP contribution is 2.42. The largest absolute Gasteiger partial charge is 0.507 e. The minimum atomic E-state index is -0.689. The number of carbonyl (C=O) groups is 2. The Labute approximate surface area is 276 Å². The molecule has 0 aromatic heterocycles. The summed E-state index contributed by atoms with van der Waals surface area (Å²) in [6.45, 7) is 28.7. The first-order valence-electron chi connectivity index (χ1n) is 16.1. The van der Waals surface area contributed by atoms with E-state index in [-0.39, 0.29) is 46.4 Å². The number of phenols is 2. The van der Waals surface area contributed by atoms with Gasteiger partial charge >= 0.3 is 11.9 Å². The normalized spacial score (nSPS) is 14.2. The minimum absolute atomic E-state index is 0.220. The number of ether oxygens (including phenoxy) is 2. The van der Waals surface area contributed by atoms with Crippen molar-refractivity contribution in [2.24, 2.45) is 0 Å². The molecule has 45 heavy (non-hydrogen) atoms. The lowest BCUT2D eigenvalue weighted by molar-refractivity contribution is -0.142. The first-order valence-corrected chi connectivity index (χ1v) is 17.1. The Bertz CT molecular complexity index is 1170. The van der Waals surface area contributed by atoms with Gasteiger partial charge in [-0.15, -0.1) is 11.8 Å². The third-order valence-corrected chi connectivity index (χ3v) is 9.22. The Balaban J connectivity index is 2.68. The van der Waals surface area contributed by atoms with Crippen LogP contribution >= 0.6 is 11.8 Å². The van der Waals surface area contributed by atoms with Crippen LogP contribution in [0.3, 0.4) is 0 Å². The molecule has 2 atom stereocenters. The quantitative estimate of drug-likeness (QED) is 0.251. The van der Waals surface area contributed by atoms with Crippen molar-refractivity contribution in [3.05, 3.63) is 57.6 Å². The predicted molar refractivity (Wildman–Crippen MR) is 187 cm³/mol. The Kier molecular flexibility index (Phi) is 12.3. The molecule has 0 saturated heterocycles. The van der Waals surface area contributed by atoms with E-state index in [4.69, 9.17) is 9.47 Å². The van der Waals surface area contributed by atoms with Gasteiger partial charge < -0.3 is 19.7 Å². The molecule has 0 aliphatic heterocycles. The molecule has 0 amide bonds. The van der Waals surface area contributed by atoms with E-state index in [9.17, 15) is 19.8 Å². The first-order chi connectivity index (χ1) is 20.4. The molecular formula is C38H58O6S. The third kappa shape index (κ3) is 10.2. The maximum absolute atomic E-state index is 13.5. The molecule has 0 radical (unpaired) electrons. The Morgan fingerprint density at radius 2 is 0.822 bits per heavy atom. The van der Waals surface area contributed by atoms with Crippen LogP contribution in [0.2, 0.25) is 0 Å². The molecule has 0 spiro atoms. The lowest BCUT2D eigenvalue weighted by atomic mass is 9.78. The molecule has 252 valence electrons. The number of phenolic OH excluding ortho intramolecular Hbond substituents is 2. The lowest BCUT2D eigenvalue weighted by Gasteiger charge is -2.29. The smallest absolute Gasteiger partial charge is 0.319 e. The molecule has 0 aliphatic rings. The molecule has 0 saturated carbocycles. The molecule has 2 unspecified atom stereocenters. The summed E-state index contributed by atoms with van der Waals surface area (Å²) in [4.78, 5) is 27.0. The van der Waals surface area contributed by atoms with Crippen LogP contribution in [0, 0.1) is 0 Å². The first kappa shape index (κ1) is 38.5. The number of benzene rings is 2. The van der Waals surface area contributed by atoms with E-state index in [1.165, 1.54) is 11.8 Å². The fraction of sp³-hybridized carbons (Fsp3) is 0.632. The van der Waals surface area contributed by atoms with Gasteiger partial charge in [-0.1, -0.05) is 107 Å². The predicted octanol–water partition coefficient (Wildman–Crippen LogP) is 8.67. The molecular weight excluding hydrogens is 584 g/mol. The van der Waals surface area contributed by atoms with Crippen molar-refractivity contribution in [1.29, 1.82) is 0 Å². The maximum Gasteiger partial charge on any atom is 0.319 e. The lowest BCUT2D eigenvalue weighted by Crippen LogP contribution is -2.31. The summed E-state index contributed by atoms with van der Waals surface area (Å²) in [5.41, 5.74) is 3.74. The zero-order valence-electron chi connectivity index (χ0n) is 30.2. The molecule has 2 N–H and O–H groups in total. The van der Waals surface area contributed by atoms with Crippen LogP contribution in [0.5, 0.6) is 11.5 Å². The zero-order valence-corrected chi connectivity index (χ0v) is 31.0. The van der Waals surface area contributed by atoms with Crippen molar-refractivity contribution in [3.8, 4) is 11.5 Å². The molecule has 2 rings (SSSR count). The van der Waals surface area contributed by atoms with E-state index in [0.717, 1.165) is 33.4 Å². The second-order valence-corrected chi connectivity index (χ2v) is 17.5. The molecule has 7 heteroatoms. The van der Waals surface area contributed by atoms with Gasteiger partial charge in [0.05, 0.1) is 13.2 Å². The monoisotopic (exact) mass is 642 g/mol. The molecule has 0 bridgehead atoms. The number of thioether (sulfide) groups is 1. The standard InChI is InChI=1S/C38H58O6S/c1-15-43-33(41)29(21-23-17-25(35(3,4)5)31(39)26(18-23)36(6,7)8)45-30(34(42)44-16-2)22-24-19-27(37(9,10)11)32(40)28(20-24)38(12,13)14/h17-20,29-30,39-40H,15-16,21-22H2,1-14H3. The van der Waals surface area contributed by atoms with Gasteiger partial charge in [0.2, 0.25) is 0 Å². The number of carbonyl (C=O) groups excluding carboxylic acids is 2. The second-order valence-electron chi connectivity index (χ2n) is 16.1. The van der Waals surface area contributed by atoms with Crippen LogP contribution in [0.15, 0.2) is 24.3 Å². The minimum Gasteiger partial charge on any atom is -0.507 e. The summed E-state index contributed by atoms with van der Waals surface area (Å²) >= 11 is 1.26. The van der Waals surface area contributed by atoms with Gasteiger partial charge in [0.1, 0.15) is 22.0 Å². The van der Waals surface area contributed by atoms with Crippen molar-refractivity contribution in [3.63, 3.8) is 0 Å². The average Bonchev–Trinajstić information content (AvgIpc) is 2.87. The second kappa shape index (κ2) is 14.4. The zero-order chi connectivity index (χ0) is 34.7. The Hall–Kier alpha value is -2.67. The topological polar surface area (TPSA) is 93.1 Å². The highest BCUT2D eigenvalue weighted by Gasteiger charge is 2.34. The summed E-state index contributed by atoms with van der Waals surface area (Å²) < 4.78 is 11.1. The number of esters is 2. The van der Waals surface area contributed by atoms with Crippen LogP contribution < -0.4 is 0 Å². The molecule has 0 heterocycles. The van der Waals surface area contributed by atoms with Crippen molar-refractivity contribution in [2.45, 2.75) is 142 Å². The van der Waals surface area contributed by atoms with E-state index in [1.807, 2.05) is 24.3 Å². The van der Waals surface area contributed by atoms with Crippen LogP contribution in [-0.2, 0) is 53.6 Å². The van der Waals surface area contributed by atoms with Gasteiger partial charge in [-0.25, -0.2) is 0 Å². The van der Waals surface area contributed by atoms with Crippen LogP contribution in [0.1, 0.15) is 130 Å². The molecule has 2 aromatic rings. The molecule has 2 aromatic carbocycles. The van der Waals surface area contributed by atoms with Gasteiger partial charge in [0.25, 0.3) is 0 Å². The van der Waals surface area contributed by atoms with Crippen LogP contribution in [0.4, 0.5) is 0 Å². The fourth-order valence-corrected chi connectivity index (χ4v) is 6.71. The highest BCUT2D eigenvalue weighted by atomic mass is 32.2. The molecule has 6 nitrogen and oxygen atoms in total. The summed E-state index contributed by atoms with van der Waals surface area (Å²) in [7, 11) is 0. The Morgan fingerprint density at radius 3 is 1.02 bits per heavy atom. The Morgan fingerprint density at radius 1 is 0.578 bits per heavy atom. The number of hydrogen-bond donors (Lipinski definition) is 2. The summed E-state index contributed by atoms with van der Waals surface area (Å²) in [6, 6.07) is 7.90. The van der Waals surface area contributed by atoms with Crippen molar-refractivity contribution in [1.82, 2.24) is 0 Å². The third-order valence-electron chi connectivity index (χ3n) is 7.84. The number of rotatable bonds is 10. The maximum atomic E-state index is 13.5. The fourth-order valence-electron chi connectivity index (χ4n) is 5.38. The average molecular weight is 643 g/mol. The van der Waals surface area contributed by atoms with E-state index < -0.39 is 22.4 Å². The summed E-state index contributed by atoms with van der Waals surface area (Å²) in [5.74, 6) is -0.229. The molecule has 0 aliphatic carbocycles. The van der Waals surface area contributed by atoms with Crippen LogP contribution in [-0.4, -0.2) is 45.9 Å². The van der Waals surface area contributed by atoms with Crippen molar-refractivity contribution in [2.75, 3.05) is 13.2 Å². The number of aromatic hydroxyl groups is 2. The number of hydrogen-bond acceptors (Lipinski definition) is 7. The summed E-state index contributed by atoms with van der Waals surface area (Å²) in [5, 5.41) is 21.1. The summed E-state index contributed by atoms with van der Waals surface area (Å²) in [6.07, 6.45) is 0.643. The highest BCUT2D eigenvalue weighted by molar-refractivity contribution is 8.01. The van der Waals surface area contributed by atoms with E-state index in [2.05, 4.69) is 83.1 Å². The van der Waals surface area contributed by atoms with Crippen molar-refractivity contribution >= 4 is 23.7 Å². The van der Waals surface area contributed by atoms with Gasteiger partial charge in [-0.3, -0.25) is 9.59 Å².